The molecular formula is C12H16ClNO3. The first-order chi connectivity index (χ1) is 8.11. The average Bonchev–Trinajstić information content (AvgIpc) is 2.30. The monoisotopic (exact) mass is 257 g/mol. The molecule has 0 aliphatic carbocycles. The van der Waals surface area contributed by atoms with Crippen molar-refractivity contribution in [2.75, 3.05) is 17.8 Å². The fraction of sp³-hybridized carbons (Fsp3) is 0.417. The zero-order valence-corrected chi connectivity index (χ0v) is 10.4. The molecule has 5 heteroatoms. The Hall–Kier alpha value is -1.26. The van der Waals surface area contributed by atoms with E-state index in [-0.39, 0.29) is 11.8 Å². The van der Waals surface area contributed by atoms with Gasteiger partial charge in [0.1, 0.15) is 5.75 Å². The Bertz CT molecular complexity index is 353. The molecule has 0 aromatic heterocycles. The first-order valence-corrected chi connectivity index (χ1v) is 5.89. The molecule has 0 heterocycles. The summed E-state index contributed by atoms with van der Waals surface area (Å²) in [7, 11) is 0. The predicted molar refractivity (Wildman–Crippen MR) is 67.6 cm³/mol. The molecule has 1 aromatic rings. The third-order valence-electron chi connectivity index (χ3n) is 2.07. The summed E-state index contributed by atoms with van der Waals surface area (Å²) in [6, 6.07) is 7.04. The van der Waals surface area contributed by atoms with Gasteiger partial charge in [-0.3, -0.25) is 4.79 Å². The van der Waals surface area contributed by atoms with Crippen molar-refractivity contribution in [3.63, 3.8) is 0 Å². The summed E-state index contributed by atoms with van der Waals surface area (Å²) in [5, 5.41) is 11.9. The number of benzene rings is 1. The van der Waals surface area contributed by atoms with Gasteiger partial charge in [0.2, 0.25) is 5.91 Å². The van der Waals surface area contributed by atoms with E-state index in [1.807, 2.05) is 0 Å². The molecule has 0 fully saturated rings. The lowest BCUT2D eigenvalue weighted by Crippen LogP contribution is -2.13. The van der Waals surface area contributed by atoms with Crippen LogP contribution in [0.1, 0.15) is 13.3 Å². The van der Waals surface area contributed by atoms with Gasteiger partial charge in [-0.15, -0.1) is 11.6 Å². The van der Waals surface area contributed by atoms with E-state index in [4.69, 9.17) is 16.3 Å². The van der Waals surface area contributed by atoms with Gasteiger partial charge in [-0.25, -0.2) is 0 Å². The van der Waals surface area contributed by atoms with Crippen LogP contribution in [0.2, 0.25) is 0 Å². The second-order valence-corrected chi connectivity index (χ2v) is 3.96. The minimum atomic E-state index is -0.532. The van der Waals surface area contributed by atoms with Gasteiger partial charge < -0.3 is 15.2 Å². The number of anilines is 1. The number of ether oxygens (including phenoxy) is 1. The number of aliphatic hydroxyl groups is 1. The van der Waals surface area contributed by atoms with Gasteiger partial charge in [0.25, 0.3) is 0 Å². The van der Waals surface area contributed by atoms with Crippen molar-refractivity contribution in [1.82, 2.24) is 0 Å². The van der Waals surface area contributed by atoms with Crippen molar-refractivity contribution in [2.45, 2.75) is 19.4 Å². The summed E-state index contributed by atoms with van der Waals surface area (Å²) in [6.45, 7) is 1.87. The molecule has 0 unspecified atom stereocenters. The molecule has 0 saturated carbocycles. The number of aliphatic hydroxyl groups excluding tert-OH is 1. The SMILES string of the molecule is CC(=O)Nc1ccc(OCC[C@H](O)CCl)cc1. The second kappa shape index (κ2) is 7.14. The number of carbonyl (C=O) groups excluding carboxylic acids is 1. The number of hydrogen-bond acceptors (Lipinski definition) is 3. The van der Waals surface area contributed by atoms with E-state index in [1.165, 1.54) is 6.92 Å². The van der Waals surface area contributed by atoms with Crippen LogP contribution < -0.4 is 10.1 Å². The third-order valence-corrected chi connectivity index (χ3v) is 2.43. The minimum absolute atomic E-state index is 0.107. The van der Waals surface area contributed by atoms with Crippen molar-refractivity contribution < 1.29 is 14.6 Å². The van der Waals surface area contributed by atoms with E-state index in [9.17, 15) is 9.90 Å². The molecule has 0 bridgehead atoms. The molecule has 0 radical (unpaired) electrons. The number of rotatable bonds is 6. The Labute approximate surface area is 106 Å². The van der Waals surface area contributed by atoms with Crippen molar-refractivity contribution in [1.29, 1.82) is 0 Å². The number of halogens is 1. The van der Waals surface area contributed by atoms with Gasteiger partial charge in [-0.05, 0) is 24.3 Å². The third kappa shape index (κ3) is 5.56. The number of carbonyl (C=O) groups is 1. The van der Waals surface area contributed by atoms with Crippen LogP contribution in [0.3, 0.4) is 0 Å². The molecule has 1 amide bonds. The summed E-state index contributed by atoms with van der Waals surface area (Å²) in [4.78, 5) is 10.8. The highest BCUT2D eigenvalue weighted by molar-refractivity contribution is 6.18. The first-order valence-electron chi connectivity index (χ1n) is 5.36. The highest BCUT2D eigenvalue weighted by Crippen LogP contribution is 2.15. The van der Waals surface area contributed by atoms with E-state index in [0.717, 1.165) is 5.69 Å². The maximum Gasteiger partial charge on any atom is 0.221 e. The summed E-state index contributed by atoms with van der Waals surface area (Å²) in [5.41, 5.74) is 0.727. The van der Waals surface area contributed by atoms with Crippen LogP contribution in [-0.2, 0) is 4.79 Å². The van der Waals surface area contributed by atoms with Crippen LogP contribution in [0.25, 0.3) is 0 Å². The largest absolute Gasteiger partial charge is 0.493 e. The van der Waals surface area contributed by atoms with Crippen LogP contribution in [-0.4, -0.2) is 29.6 Å². The summed E-state index contributed by atoms with van der Waals surface area (Å²) < 4.78 is 5.41. The molecule has 0 saturated heterocycles. The standard InChI is InChI=1S/C12H16ClNO3/c1-9(15)14-10-2-4-12(5-3-10)17-7-6-11(16)8-13/h2-5,11,16H,6-8H2,1H3,(H,14,15)/t11-/m0/s1. The topological polar surface area (TPSA) is 58.6 Å². The molecule has 94 valence electrons. The lowest BCUT2D eigenvalue weighted by molar-refractivity contribution is -0.114. The maximum atomic E-state index is 10.8. The Morgan fingerprint density at radius 3 is 2.65 bits per heavy atom. The molecule has 0 aliphatic heterocycles. The van der Waals surface area contributed by atoms with Gasteiger partial charge in [0.05, 0.1) is 12.7 Å². The van der Waals surface area contributed by atoms with E-state index >= 15 is 0 Å². The molecule has 1 rings (SSSR count). The molecule has 1 atom stereocenters. The van der Waals surface area contributed by atoms with Crippen LogP contribution >= 0.6 is 11.6 Å². The number of alkyl halides is 1. The Kier molecular flexibility index (Phi) is 5.80. The van der Waals surface area contributed by atoms with E-state index < -0.39 is 6.10 Å². The first kappa shape index (κ1) is 13.8. The van der Waals surface area contributed by atoms with E-state index in [2.05, 4.69) is 5.32 Å². The van der Waals surface area contributed by atoms with Gasteiger partial charge >= 0.3 is 0 Å². The van der Waals surface area contributed by atoms with Crippen LogP contribution in [0, 0.1) is 0 Å². The van der Waals surface area contributed by atoms with Crippen LogP contribution in [0.5, 0.6) is 5.75 Å². The zero-order chi connectivity index (χ0) is 12.7. The highest BCUT2D eigenvalue weighted by Gasteiger charge is 2.02. The molecule has 0 spiro atoms. The quantitative estimate of drug-likeness (QED) is 0.767. The van der Waals surface area contributed by atoms with Crippen molar-refractivity contribution in [3.05, 3.63) is 24.3 Å². The van der Waals surface area contributed by atoms with Gasteiger partial charge in [0, 0.05) is 24.9 Å². The molecule has 1 aromatic carbocycles. The fourth-order valence-corrected chi connectivity index (χ4v) is 1.38. The minimum Gasteiger partial charge on any atom is -0.493 e. The Balaban J connectivity index is 2.37. The maximum absolute atomic E-state index is 10.8. The highest BCUT2D eigenvalue weighted by atomic mass is 35.5. The number of hydrogen-bond donors (Lipinski definition) is 2. The summed E-state index contributed by atoms with van der Waals surface area (Å²) in [6.07, 6.45) is -0.0351. The van der Waals surface area contributed by atoms with E-state index in [1.54, 1.807) is 24.3 Å². The number of amides is 1. The lowest BCUT2D eigenvalue weighted by Gasteiger charge is -2.09. The molecular weight excluding hydrogens is 242 g/mol. The van der Waals surface area contributed by atoms with E-state index in [0.29, 0.717) is 18.8 Å². The number of nitrogens with one attached hydrogen (secondary N) is 1. The normalized spacial score (nSPS) is 11.9. The Morgan fingerprint density at radius 1 is 1.47 bits per heavy atom. The second-order valence-electron chi connectivity index (χ2n) is 3.65. The summed E-state index contributed by atoms with van der Waals surface area (Å²) >= 11 is 5.46. The molecule has 4 nitrogen and oxygen atoms in total. The summed E-state index contributed by atoms with van der Waals surface area (Å²) in [5.74, 6) is 0.801. The van der Waals surface area contributed by atoms with Crippen LogP contribution in [0.4, 0.5) is 5.69 Å². The van der Waals surface area contributed by atoms with Crippen molar-refractivity contribution in [2.24, 2.45) is 0 Å². The van der Waals surface area contributed by atoms with Gasteiger partial charge in [-0.1, -0.05) is 0 Å². The Morgan fingerprint density at radius 2 is 2.12 bits per heavy atom. The predicted octanol–water partition coefficient (Wildman–Crippen LogP) is 2.01. The average molecular weight is 258 g/mol. The molecule has 0 aliphatic rings. The van der Waals surface area contributed by atoms with Gasteiger partial charge in [-0.2, -0.15) is 0 Å². The lowest BCUT2D eigenvalue weighted by atomic mass is 10.3. The molecule has 2 N–H and O–H groups in total. The van der Waals surface area contributed by atoms with Gasteiger partial charge in [0.15, 0.2) is 0 Å². The fourth-order valence-electron chi connectivity index (χ4n) is 1.23. The van der Waals surface area contributed by atoms with Crippen LogP contribution in [0.15, 0.2) is 24.3 Å². The van der Waals surface area contributed by atoms with Crippen molar-refractivity contribution in [3.8, 4) is 5.75 Å². The molecule has 17 heavy (non-hydrogen) atoms. The smallest absolute Gasteiger partial charge is 0.221 e. The van der Waals surface area contributed by atoms with Crippen molar-refractivity contribution >= 4 is 23.2 Å². The zero-order valence-electron chi connectivity index (χ0n) is 9.65.